The predicted octanol–water partition coefficient (Wildman–Crippen LogP) is 10.3. The fourth-order valence-electron chi connectivity index (χ4n) is 4.48. The summed E-state index contributed by atoms with van der Waals surface area (Å²) in [5.41, 5.74) is 2.23. The van der Waals surface area contributed by atoms with Gasteiger partial charge in [-0.05, 0) is 88.1 Å². The van der Waals surface area contributed by atoms with Crippen LogP contribution in [0.15, 0.2) is 83.4 Å². The fraction of sp³-hybridized carbons (Fsp3) is 0.351. The number of methoxy groups -OCH3 is 1. The average molecular weight is 648 g/mol. The van der Waals surface area contributed by atoms with Crippen molar-refractivity contribution < 1.29 is 23.8 Å². The number of hydrogen-bond acceptors (Lipinski definition) is 5. The first-order valence-corrected chi connectivity index (χ1v) is 16.1. The van der Waals surface area contributed by atoms with Gasteiger partial charge in [-0.3, -0.25) is 4.79 Å². The first-order valence-electron chi connectivity index (χ1n) is 15.3. The number of rotatable bonds is 19. The Morgan fingerprint density at radius 3 is 1.84 bits per heavy atom. The minimum Gasteiger partial charge on any atom is -0.497 e. The normalized spacial score (nSPS) is 11.2. The summed E-state index contributed by atoms with van der Waals surface area (Å²) in [6, 6.07) is 19.9. The van der Waals surface area contributed by atoms with E-state index in [1.165, 1.54) is 69.9 Å². The summed E-state index contributed by atoms with van der Waals surface area (Å²) in [4.78, 5) is 25.0. The average Bonchev–Trinajstić information content (AvgIpc) is 3.03. The minimum atomic E-state index is -0.522. The smallest absolute Gasteiger partial charge is 0.336 e. The van der Waals surface area contributed by atoms with Crippen molar-refractivity contribution in [1.29, 1.82) is 0 Å². The fourth-order valence-corrected chi connectivity index (χ4v) is 4.94. The molecule has 0 aliphatic heterocycles. The molecule has 3 aromatic rings. The molecule has 5 nitrogen and oxygen atoms in total. The number of halogens is 1. The molecule has 0 amide bonds. The highest BCUT2D eigenvalue weighted by molar-refractivity contribution is 9.10. The van der Waals surface area contributed by atoms with Gasteiger partial charge in [-0.25, -0.2) is 4.79 Å². The van der Waals surface area contributed by atoms with Crippen LogP contribution in [0.1, 0.15) is 92.6 Å². The van der Waals surface area contributed by atoms with Crippen LogP contribution in [0.3, 0.4) is 0 Å². The third kappa shape index (κ3) is 13.0. The highest BCUT2D eigenvalue weighted by atomic mass is 79.9. The summed E-state index contributed by atoms with van der Waals surface area (Å²) in [5.74, 6) is 1.24. The van der Waals surface area contributed by atoms with Crippen molar-refractivity contribution in [3.8, 4) is 17.2 Å². The Labute approximate surface area is 265 Å². The zero-order valence-corrected chi connectivity index (χ0v) is 26.9. The molecule has 0 unspecified atom stereocenters. The van der Waals surface area contributed by atoms with Crippen molar-refractivity contribution in [2.45, 2.75) is 71.1 Å². The minimum absolute atomic E-state index is 0.153. The zero-order chi connectivity index (χ0) is 30.7. The Kier molecular flexibility index (Phi) is 15.4. The molecule has 0 heterocycles. The second-order valence-corrected chi connectivity index (χ2v) is 11.3. The van der Waals surface area contributed by atoms with Crippen LogP contribution < -0.4 is 14.2 Å². The maximum atomic E-state index is 12.7. The largest absolute Gasteiger partial charge is 0.497 e. The number of hydrogen-bond donors (Lipinski definition) is 0. The van der Waals surface area contributed by atoms with Crippen molar-refractivity contribution in [2.24, 2.45) is 0 Å². The van der Waals surface area contributed by atoms with Gasteiger partial charge in [0.25, 0.3) is 0 Å². The maximum absolute atomic E-state index is 12.7. The number of benzene rings is 3. The van der Waals surface area contributed by atoms with Crippen LogP contribution in [-0.2, 0) is 4.79 Å². The summed E-state index contributed by atoms with van der Waals surface area (Å²) >= 11 is 3.41. The maximum Gasteiger partial charge on any atom is 0.336 e. The lowest BCUT2D eigenvalue weighted by molar-refractivity contribution is -0.128. The third-order valence-electron chi connectivity index (χ3n) is 7.03. The van der Waals surface area contributed by atoms with Gasteiger partial charge < -0.3 is 14.2 Å². The van der Waals surface area contributed by atoms with Crippen molar-refractivity contribution in [3.05, 3.63) is 100 Å². The molecule has 0 spiro atoms. The second kappa shape index (κ2) is 19.5. The van der Waals surface area contributed by atoms with Crippen LogP contribution in [-0.4, -0.2) is 25.5 Å². The van der Waals surface area contributed by atoms with Crippen LogP contribution in [0.25, 0.3) is 12.2 Å². The van der Waals surface area contributed by atoms with Crippen molar-refractivity contribution >= 4 is 39.8 Å². The summed E-state index contributed by atoms with van der Waals surface area (Å²) in [7, 11) is 1.60. The molecule has 0 aromatic heterocycles. The van der Waals surface area contributed by atoms with Crippen molar-refractivity contribution in [1.82, 2.24) is 0 Å². The molecule has 228 valence electrons. The Hall–Kier alpha value is -3.64. The topological polar surface area (TPSA) is 61.8 Å². The Balaban J connectivity index is 1.38. The molecule has 0 aliphatic rings. The molecule has 0 saturated carbocycles. The van der Waals surface area contributed by atoms with E-state index in [1.807, 2.05) is 48.5 Å². The number of unbranched alkanes of at least 4 members (excludes halogenated alkanes) is 9. The van der Waals surface area contributed by atoms with E-state index in [-0.39, 0.29) is 5.78 Å². The van der Waals surface area contributed by atoms with Gasteiger partial charge in [-0.2, -0.15) is 0 Å². The van der Waals surface area contributed by atoms with Gasteiger partial charge >= 0.3 is 5.97 Å². The summed E-state index contributed by atoms with van der Waals surface area (Å²) in [5, 5.41) is 0. The van der Waals surface area contributed by atoms with Gasteiger partial charge in [0.05, 0.1) is 18.2 Å². The van der Waals surface area contributed by atoms with Crippen LogP contribution >= 0.6 is 15.9 Å². The number of esters is 1. The van der Waals surface area contributed by atoms with Crippen LogP contribution in [0.4, 0.5) is 0 Å². The van der Waals surface area contributed by atoms with E-state index in [4.69, 9.17) is 14.2 Å². The number of allylic oxidation sites excluding steroid dienone is 1. The molecule has 3 rings (SSSR count). The summed E-state index contributed by atoms with van der Waals surface area (Å²) in [6.07, 6.45) is 19.4. The molecule has 0 saturated heterocycles. The van der Waals surface area contributed by atoms with Gasteiger partial charge in [0.1, 0.15) is 17.2 Å². The van der Waals surface area contributed by atoms with Gasteiger partial charge in [-0.1, -0.05) is 95.1 Å². The lowest BCUT2D eigenvalue weighted by Gasteiger charge is -2.07. The number of ether oxygens (including phenoxy) is 3. The van der Waals surface area contributed by atoms with Crippen molar-refractivity contribution in [2.75, 3.05) is 13.7 Å². The van der Waals surface area contributed by atoms with E-state index in [0.717, 1.165) is 35.7 Å². The molecule has 3 aromatic carbocycles. The van der Waals surface area contributed by atoms with Crippen LogP contribution in [0, 0.1) is 0 Å². The van der Waals surface area contributed by atoms with E-state index in [2.05, 4.69) is 22.9 Å². The summed E-state index contributed by atoms with van der Waals surface area (Å²) in [6.45, 7) is 2.98. The third-order valence-corrected chi connectivity index (χ3v) is 7.65. The highest BCUT2D eigenvalue weighted by Gasteiger charge is 2.10. The SMILES string of the molecule is CCCCCCCCCCCCOc1ccc(/C=C/C(=O)c2ccc(OC(=O)/C=C/c3ccc(OC)cc3)c(Br)c2)cc1. The molecule has 43 heavy (non-hydrogen) atoms. The molecule has 0 bridgehead atoms. The Morgan fingerprint density at radius 2 is 1.26 bits per heavy atom. The second-order valence-electron chi connectivity index (χ2n) is 10.5. The molecule has 6 heteroatoms. The van der Waals surface area contributed by atoms with Crippen LogP contribution in [0.2, 0.25) is 0 Å². The van der Waals surface area contributed by atoms with Gasteiger partial charge in [0.2, 0.25) is 0 Å². The molecule has 0 aliphatic carbocycles. The van der Waals surface area contributed by atoms with E-state index in [0.29, 0.717) is 15.8 Å². The Bertz CT molecular complexity index is 1330. The van der Waals surface area contributed by atoms with E-state index >= 15 is 0 Å². The molecule has 0 radical (unpaired) electrons. The first kappa shape index (κ1) is 33.9. The number of ketones is 1. The highest BCUT2D eigenvalue weighted by Crippen LogP contribution is 2.27. The van der Waals surface area contributed by atoms with Crippen LogP contribution in [0.5, 0.6) is 17.2 Å². The van der Waals surface area contributed by atoms with E-state index in [9.17, 15) is 9.59 Å². The first-order chi connectivity index (χ1) is 21.0. The van der Waals surface area contributed by atoms with Gasteiger partial charge in [0.15, 0.2) is 5.78 Å². The molecule has 0 N–H and O–H groups in total. The van der Waals surface area contributed by atoms with E-state index < -0.39 is 5.97 Å². The number of carbonyl (C=O) groups is 2. The number of carbonyl (C=O) groups excluding carboxylic acids is 2. The lowest BCUT2D eigenvalue weighted by atomic mass is 10.1. The zero-order valence-electron chi connectivity index (χ0n) is 25.4. The quantitative estimate of drug-likeness (QED) is 0.0426. The standard InChI is InChI=1S/C37H43BrO5/c1-3-4-5-6-7-8-9-10-11-12-27-42-33-22-15-29(16-23-33)17-24-35(39)31-19-25-36(34(38)28-31)43-37(40)26-18-30-13-20-32(41-2)21-14-30/h13-26,28H,3-12,27H2,1-2H3/b24-17+,26-18+. The van der Waals surface area contributed by atoms with E-state index in [1.54, 1.807) is 37.5 Å². The monoisotopic (exact) mass is 646 g/mol. The summed E-state index contributed by atoms with van der Waals surface area (Å²) < 4.78 is 17.0. The Morgan fingerprint density at radius 1 is 0.698 bits per heavy atom. The van der Waals surface area contributed by atoms with Gasteiger partial charge in [-0.15, -0.1) is 0 Å². The lowest BCUT2D eigenvalue weighted by Crippen LogP contribution is -2.05. The molecule has 0 fully saturated rings. The van der Waals surface area contributed by atoms with Crippen molar-refractivity contribution in [3.63, 3.8) is 0 Å². The predicted molar refractivity (Wildman–Crippen MR) is 179 cm³/mol. The van der Waals surface area contributed by atoms with Gasteiger partial charge in [0, 0.05) is 11.6 Å². The molecular weight excluding hydrogens is 604 g/mol. The molecule has 0 atom stereocenters. The molecular formula is C37H43BrO5.